The summed E-state index contributed by atoms with van der Waals surface area (Å²) in [6.45, 7) is -3.03. The number of nitrogens with zero attached hydrogens (tertiary/aromatic N) is 1. The van der Waals surface area contributed by atoms with Crippen LogP contribution in [0.1, 0.15) is 0 Å². The molecule has 0 N–H and O–H groups in total. The molecule has 0 amide bonds. The van der Waals surface area contributed by atoms with Crippen LogP contribution in [0.2, 0.25) is 0 Å². The minimum atomic E-state index is -3.03. The fraction of sp³-hybridized carbons (Fsp3) is 0.167. The zero-order valence-corrected chi connectivity index (χ0v) is 7.76. The highest BCUT2D eigenvalue weighted by molar-refractivity contribution is 14.1. The Labute approximate surface area is 79.9 Å². The average Bonchev–Trinajstić information content (AvgIpc) is 1.96. The van der Waals surface area contributed by atoms with Crippen LogP contribution in [-0.2, 0) is 0 Å². The lowest BCUT2D eigenvalue weighted by atomic mass is 10.4. The van der Waals surface area contributed by atoms with E-state index in [1.807, 2.05) is 22.6 Å². The molecule has 1 aromatic heterocycles. The molecule has 0 saturated carbocycles. The van der Waals surface area contributed by atoms with Crippen molar-refractivity contribution in [3.05, 3.63) is 21.8 Å². The molecule has 0 bridgehead atoms. The first-order valence-corrected chi connectivity index (χ1v) is 3.93. The van der Waals surface area contributed by atoms with Gasteiger partial charge in [-0.25, -0.2) is 4.98 Å². The minimum Gasteiger partial charge on any atom is -0.430 e. The Bertz CT molecular complexity index is 281. The summed E-state index contributed by atoms with van der Waals surface area (Å²) in [5, 5.41) is 0. The second kappa shape index (κ2) is 3.92. The lowest BCUT2D eigenvalue weighted by molar-refractivity contribution is -0.0527. The van der Waals surface area contributed by atoms with Crippen molar-refractivity contribution in [2.45, 2.75) is 6.61 Å². The van der Waals surface area contributed by atoms with Crippen LogP contribution in [0.4, 0.5) is 13.2 Å². The van der Waals surface area contributed by atoms with E-state index in [1.165, 1.54) is 6.20 Å². The van der Waals surface area contributed by atoms with Crippen molar-refractivity contribution >= 4 is 22.6 Å². The molecule has 0 aromatic carbocycles. The first-order valence-electron chi connectivity index (χ1n) is 2.85. The van der Waals surface area contributed by atoms with Gasteiger partial charge in [0.15, 0.2) is 5.75 Å². The Balaban J connectivity index is 2.90. The molecule has 0 aliphatic rings. The summed E-state index contributed by atoms with van der Waals surface area (Å²) in [5.74, 6) is -1.56. The number of halogens is 4. The zero-order valence-electron chi connectivity index (χ0n) is 5.60. The molecule has 6 heteroatoms. The van der Waals surface area contributed by atoms with E-state index in [1.54, 1.807) is 0 Å². The SMILES string of the molecule is Fc1ncc(I)cc1OC(F)F. The van der Waals surface area contributed by atoms with Gasteiger partial charge >= 0.3 is 6.61 Å². The van der Waals surface area contributed by atoms with Gasteiger partial charge in [0.05, 0.1) is 0 Å². The molecule has 66 valence electrons. The van der Waals surface area contributed by atoms with Crippen LogP contribution in [0.3, 0.4) is 0 Å². The molecule has 12 heavy (non-hydrogen) atoms. The lowest BCUT2D eigenvalue weighted by Gasteiger charge is -2.04. The van der Waals surface area contributed by atoms with Crippen molar-refractivity contribution in [2.24, 2.45) is 0 Å². The fourth-order valence-electron chi connectivity index (χ4n) is 0.583. The van der Waals surface area contributed by atoms with E-state index < -0.39 is 18.3 Å². The van der Waals surface area contributed by atoms with Gasteiger partial charge in [-0.15, -0.1) is 0 Å². The highest BCUT2D eigenvalue weighted by Crippen LogP contribution is 2.19. The number of ether oxygens (including phenoxy) is 1. The van der Waals surface area contributed by atoms with Crippen LogP contribution in [0.15, 0.2) is 12.3 Å². The van der Waals surface area contributed by atoms with E-state index in [0.717, 1.165) is 6.07 Å². The summed E-state index contributed by atoms with van der Waals surface area (Å²) in [5.41, 5.74) is 0. The third kappa shape index (κ3) is 2.50. The van der Waals surface area contributed by atoms with Gasteiger partial charge in [-0.3, -0.25) is 0 Å². The largest absolute Gasteiger partial charge is 0.430 e. The maximum Gasteiger partial charge on any atom is 0.387 e. The van der Waals surface area contributed by atoms with E-state index in [4.69, 9.17) is 0 Å². The van der Waals surface area contributed by atoms with Crippen molar-refractivity contribution in [1.82, 2.24) is 4.98 Å². The maximum atomic E-state index is 12.6. The Hall–Kier alpha value is -0.530. The summed E-state index contributed by atoms with van der Waals surface area (Å²) in [4.78, 5) is 3.20. The molecule has 0 aliphatic heterocycles. The number of hydrogen-bond donors (Lipinski definition) is 0. The van der Waals surface area contributed by atoms with Crippen LogP contribution in [0.25, 0.3) is 0 Å². The van der Waals surface area contributed by atoms with Gasteiger partial charge in [0.2, 0.25) is 0 Å². The highest BCUT2D eigenvalue weighted by atomic mass is 127. The number of rotatable bonds is 2. The molecule has 1 rings (SSSR count). The Morgan fingerprint density at radius 3 is 2.75 bits per heavy atom. The van der Waals surface area contributed by atoms with Crippen LogP contribution >= 0.6 is 22.6 Å². The number of aromatic nitrogens is 1. The van der Waals surface area contributed by atoms with Crippen molar-refractivity contribution in [2.75, 3.05) is 0 Å². The van der Waals surface area contributed by atoms with Crippen molar-refractivity contribution in [3.63, 3.8) is 0 Å². The van der Waals surface area contributed by atoms with Gasteiger partial charge in [-0.1, -0.05) is 0 Å². The molecule has 0 atom stereocenters. The molecule has 0 unspecified atom stereocenters. The Morgan fingerprint density at radius 2 is 2.17 bits per heavy atom. The first-order chi connectivity index (χ1) is 5.59. The van der Waals surface area contributed by atoms with Gasteiger partial charge in [0, 0.05) is 15.8 Å². The summed E-state index contributed by atoms with van der Waals surface area (Å²) in [6, 6.07) is 1.15. The van der Waals surface area contributed by atoms with Gasteiger partial charge in [-0.2, -0.15) is 13.2 Å². The third-order valence-corrected chi connectivity index (χ3v) is 1.58. The molecular weight excluding hydrogens is 286 g/mol. The predicted molar refractivity (Wildman–Crippen MR) is 43.5 cm³/mol. The molecule has 1 heterocycles. The van der Waals surface area contributed by atoms with E-state index in [9.17, 15) is 13.2 Å². The summed E-state index contributed by atoms with van der Waals surface area (Å²) >= 11 is 1.81. The number of pyridine rings is 1. The maximum absolute atomic E-state index is 12.6. The highest BCUT2D eigenvalue weighted by Gasteiger charge is 2.10. The first kappa shape index (κ1) is 9.56. The van der Waals surface area contributed by atoms with Gasteiger partial charge in [0.25, 0.3) is 5.95 Å². The zero-order chi connectivity index (χ0) is 9.14. The normalized spacial score (nSPS) is 10.4. The topological polar surface area (TPSA) is 22.1 Å². The summed E-state index contributed by atoms with van der Waals surface area (Å²) in [7, 11) is 0. The van der Waals surface area contributed by atoms with Crippen molar-refractivity contribution < 1.29 is 17.9 Å². The van der Waals surface area contributed by atoms with Crippen LogP contribution in [0, 0.1) is 9.52 Å². The molecule has 0 aliphatic carbocycles. The molecule has 1 aromatic rings. The third-order valence-electron chi connectivity index (χ3n) is 0.990. The summed E-state index contributed by atoms with van der Waals surface area (Å²) < 4.78 is 40.2. The van der Waals surface area contributed by atoms with Crippen molar-refractivity contribution in [1.29, 1.82) is 0 Å². The Morgan fingerprint density at radius 1 is 1.50 bits per heavy atom. The quantitative estimate of drug-likeness (QED) is 0.616. The Kier molecular flexibility index (Phi) is 3.12. The summed E-state index contributed by atoms with van der Waals surface area (Å²) in [6.07, 6.45) is 1.22. The predicted octanol–water partition coefficient (Wildman–Crippen LogP) is 2.43. The second-order valence-electron chi connectivity index (χ2n) is 1.82. The van der Waals surface area contributed by atoms with Gasteiger partial charge < -0.3 is 4.74 Å². The monoisotopic (exact) mass is 289 g/mol. The molecule has 0 fully saturated rings. The van der Waals surface area contributed by atoms with Gasteiger partial charge in [0.1, 0.15) is 0 Å². The van der Waals surface area contributed by atoms with E-state index >= 15 is 0 Å². The smallest absolute Gasteiger partial charge is 0.387 e. The molecular formula is C6H3F3INO. The molecule has 0 saturated heterocycles. The standard InChI is InChI=1S/C6H3F3INO/c7-5-4(12-6(8)9)1-3(10)2-11-5/h1-2,6H. The molecule has 0 spiro atoms. The number of alkyl halides is 2. The second-order valence-corrected chi connectivity index (χ2v) is 3.07. The average molecular weight is 289 g/mol. The van der Waals surface area contributed by atoms with E-state index in [0.29, 0.717) is 3.57 Å². The fourth-order valence-corrected chi connectivity index (χ4v) is 1.00. The lowest BCUT2D eigenvalue weighted by Crippen LogP contribution is -2.04. The van der Waals surface area contributed by atoms with Crippen LogP contribution in [-0.4, -0.2) is 11.6 Å². The van der Waals surface area contributed by atoms with Crippen molar-refractivity contribution in [3.8, 4) is 5.75 Å². The molecule has 2 nitrogen and oxygen atoms in total. The van der Waals surface area contributed by atoms with Crippen LogP contribution in [0.5, 0.6) is 5.75 Å². The van der Waals surface area contributed by atoms with E-state index in [-0.39, 0.29) is 0 Å². The number of hydrogen-bond acceptors (Lipinski definition) is 2. The van der Waals surface area contributed by atoms with Gasteiger partial charge in [-0.05, 0) is 22.6 Å². The molecule has 0 radical (unpaired) electrons. The minimum absolute atomic E-state index is 0.531. The van der Waals surface area contributed by atoms with E-state index in [2.05, 4.69) is 9.72 Å². The van der Waals surface area contributed by atoms with Crippen LogP contribution < -0.4 is 4.74 Å².